The highest BCUT2D eigenvalue weighted by Crippen LogP contribution is 2.09. The third kappa shape index (κ3) is 20.1. The van der Waals surface area contributed by atoms with Gasteiger partial charge in [0.05, 0.1) is 13.2 Å². The van der Waals surface area contributed by atoms with E-state index in [1.807, 2.05) is 0 Å². The maximum Gasteiger partial charge on any atom is 0.347 e. The Hall–Kier alpha value is -2.12. The molecule has 0 aliphatic rings. The lowest BCUT2D eigenvalue weighted by atomic mass is 10.1. The topological polar surface area (TPSA) is 105 Å². The monoisotopic (exact) mass is 514 g/mol. The van der Waals surface area contributed by atoms with Gasteiger partial charge in [-0.25, -0.2) is 9.59 Å². The van der Waals surface area contributed by atoms with E-state index in [4.69, 9.17) is 18.9 Å². The van der Waals surface area contributed by atoms with Crippen molar-refractivity contribution in [2.75, 3.05) is 13.2 Å². The summed E-state index contributed by atoms with van der Waals surface area (Å²) < 4.78 is 20.5. The van der Waals surface area contributed by atoms with Crippen LogP contribution < -0.4 is 0 Å². The minimum Gasteiger partial charge on any atom is -0.463 e. The van der Waals surface area contributed by atoms with E-state index in [-0.39, 0.29) is 12.8 Å². The normalized spacial score (nSPS) is 12.4. The average molecular weight is 515 g/mol. The molecule has 0 radical (unpaired) electrons. The van der Waals surface area contributed by atoms with Gasteiger partial charge in [0.2, 0.25) is 0 Å². The minimum absolute atomic E-state index is 0.0815. The fourth-order valence-corrected chi connectivity index (χ4v) is 3.49. The summed E-state index contributed by atoms with van der Waals surface area (Å²) in [7, 11) is 0. The van der Waals surface area contributed by atoms with Gasteiger partial charge in [-0.1, -0.05) is 78.1 Å². The molecule has 0 spiro atoms. The Kier molecular flexibility index (Phi) is 21.9. The number of ether oxygens (including phenoxy) is 4. The largest absolute Gasteiger partial charge is 0.463 e. The molecule has 0 saturated heterocycles. The first-order chi connectivity index (χ1) is 17.3. The molecule has 2 atom stereocenters. The highest BCUT2D eigenvalue weighted by atomic mass is 16.6. The smallest absolute Gasteiger partial charge is 0.347 e. The van der Waals surface area contributed by atoms with Crippen molar-refractivity contribution in [2.45, 2.75) is 143 Å². The van der Waals surface area contributed by atoms with E-state index in [2.05, 4.69) is 13.8 Å². The summed E-state index contributed by atoms with van der Waals surface area (Å²) in [6, 6.07) is 0. The van der Waals surface area contributed by atoms with Crippen LogP contribution in [0, 0.1) is 0 Å². The first-order valence-electron chi connectivity index (χ1n) is 14.0. The molecule has 0 heterocycles. The predicted molar refractivity (Wildman–Crippen MR) is 138 cm³/mol. The van der Waals surface area contributed by atoms with Crippen LogP contribution in [-0.2, 0) is 38.1 Å². The summed E-state index contributed by atoms with van der Waals surface area (Å²) in [5.41, 5.74) is 0. The van der Waals surface area contributed by atoms with Crippen LogP contribution in [0.5, 0.6) is 0 Å². The molecular formula is C28H50O8. The van der Waals surface area contributed by atoms with Crippen molar-refractivity contribution >= 4 is 23.9 Å². The molecule has 0 rings (SSSR count). The van der Waals surface area contributed by atoms with Crippen LogP contribution in [0.4, 0.5) is 0 Å². The second-order valence-electron chi connectivity index (χ2n) is 9.34. The number of esters is 4. The van der Waals surface area contributed by atoms with Crippen LogP contribution in [0.2, 0.25) is 0 Å². The lowest BCUT2D eigenvalue weighted by molar-refractivity contribution is -0.167. The highest BCUT2D eigenvalue weighted by molar-refractivity contribution is 5.79. The summed E-state index contributed by atoms with van der Waals surface area (Å²) in [4.78, 5) is 47.7. The number of unbranched alkanes of at least 4 members (excludes halogenated alkanes) is 11. The Bertz CT molecular complexity index is 552. The van der Waals surface area contributed by atoms with Crippen molar-refractivity contribution < 1.29 is 38.1 Å². The number of carbonyl (C=O) groups is 4. The second kappa shape index (κ2) is 23.3. The van der Waals surface area contributed by atoms with E-state index in [0.717, 1.165) is 38.5 Å². The van der Waals surface area contributed by atoms with Gasteiger partial charge in [-0.3, -0.25) is 9.59 Å². The fourth-order valence-electron chi connectivity index (χ4n) is 3.49. The SMILES string of the molecule is CCCCCCCCOC(=O)C(C)OC(=O)CCCCC(=O)OC(C)C(=O)OCCCCCCCC. The Morgan fingerprint density at radius 1 is 0.500 bits per heavy atom. The van der Waals surface area contributed by atoms with Gasteiger partial charge in [-0.15, -0.1) is 0 Å². The van der Waals surface area contributed by atoms with Crippen molar-refractivity contribution in [3.63, 3.8) is 0 Å². The molecule has 0 aliphatic heterocycles. The molecule has 36 heavy (non-hydrogen) atoms. The highest BCUT2D eigenvalue weighted by Gasteiger charge is 2.20. The molecule has 0 bridgehead atoms. The zero-order valence-corrected chi connectivity index (χ0v) is 23.1. The van der Waals surface area contributed by atoms with Crippen LogP contribution in [0.25, 0.3) is 0 Å². The van der Waals surface area contributed by atoms with E-state index in [0.29, 0.717) is 26.1 Å². The van der Waals surface area contributed by atoms with Crippen LogP contribution in [0.1, 0.15) is 130 Å². The molecule has 0 amide bonds. The van der Waals surface area contributed by atoms with Gasteiger partial charge in [0.1, 0.15) is 0 Å². The molecule has 0 aromatic carbocycles. The van der Waals surface area contributed by atoms with E-state index >= 15 is 0 Å². The molecule has 0 aliphatic carbocycles. The molecule has 0 aromatic rings. The average Bonchev–Trinajstić information content (AvgIpc) is 2.85. The minimum atomic E-state index is -0.953. The van der Waals surface area contributed by atoms with Crippen molar-refractivity contribution in [1.82, 2.24) is 0 Å². The first kappa shape index (κ1) is 33.9. The summed E-state index contributed by atoms with van der Waals surface area (Å²) in [6.07, 6.45) is 12.2. The molecule has 8 nitrogen and oxygen atoms in total. The lowest BCUT2D eigenvalue weighted by Crippen LogP contribution is -2.27. The maximum absolute atomic E-state index is 11.9. The quantitative estimate of drug-likeness (QED) is 0.0899. The van der Waals surface area contributed by atoms with Crippen molar-refractivity contribution in [2.24, 2.45) is 0 Å². The lowest BCUT2D eigenvalue weighted by Gasteiger charge is -2.13. The molecule has 0 saturated carbocycles. The summed E-state index contributed by atoms with van der Waals surface area (Å²) in [5.74, 6) is -2.12. The van der Waals surface area contributed by atoms with Gasteiger partial charge in [0.15, 0.2) is 12.2 Å². The van der Waals surface area contributed by atoms with Crippen molar-refractivity contribution in [3.05, 3.63) is 0 Å². The number of rotatable bonds is 23. The maximum atomic E-state index is 11.9. The number of hydrogen-bond donors (Lipinski definition) is 0. The molecule has 210 valence electrons. The zero-order valence-electron chi connectivity index (χ0n) is 23.1. The third-order valence-corrected chi connectivity index (χ3v) is 5.78. The van der Waals surface area contributed by atoms with Gasteiger partial charge in [-0.2, -0.15) is 0 Å². The number of hydrogen-bond acceptors (Lipinski definition) is 8. The Labute approximate surface area is 218 Å². The molecule has 2 unspecified atom stereocenters. The molecular weight excluding hydrogens is 464 g/mol. The molecule has 0 N–H and O–H groups in total. The van der Waals surface area contributed by atoms with Crippen molar-refractivity contribution in [1.29, 1.82) is 0 Å². The summed E-state index contributed by atoms with van der Waals surface area (Å²) in [6.45, 7) is 7.98. The molecule has 8 heteroatoms. The van der Waals surface area contributed by atoms with Crippen LogP contribution in [0.15, 0.2) is 0 Å². The van der Waals surface area contributed by atoms with Crippen LogP contribution >= 0.6 is 0 Å². The fraction of sp³-hybridized carbons (Fsp3) is 0.857. The Morgan fingerprint density at radius 2 is 0.833 bits per heavy atom. The van der Waals surface area contributed by atoms with E-state index < -0.39 is 36.1 Å². The zero-order chi connectivity index (χ0) is 27.0. The number of carbonyl (C=O) groups excluding carboxylic acids is 4. The molecule has 0 fully saturated rings. The van der Waals surface area contributed by atoms with Gasteiger partial charge in [0, 0.05) is 12.8 Å². The van der Waals surface area contributed by atoms with E-state index in [9.17, 15) is 19.2 Å². The Morgan fingerprint density at radius 3 is 1.19 bits per heavy atom. The first-order valence-corrected chi connectivity index (χ1v) is 14.0. The Balaban J connectivity index is 3.82. The molecule has 0 aromatic heterocycles. The van der Waals surface area contributed by atoms with E-state index in [1.54, 1.807) is 0 Å². The standard InChI is InChI=1S/C28H50O8/c1-5-7-9-11-13-17-21-33-27(31)23(3)35-25(29)19-15-16-20-26(30)36-24(4)28(32)34-22-18-14-12-10-8-6-2/h23-24H,5-22H2,1-4H3. The van der Waals surface area contributed by atoms with Gasteiger partial charge in [-0.05, 0) is 39.5 Å². The summed E-state index contributed by atoms with van der Waals surface area (Å²) >= 11 is 0. The van der Waals surface area contributed by atoms with Gasteiger partial charge < -0.3 is 18.9 Å². The van der Waals surface area contributed by atoms with Gasteiger partial charge >= 0.3 is 23.9 Å². The van der Waals surface area contributed by atoms with Gasteiger partial charge in [0.25, 0.3) is 0 Å². The van der Waals surface area contributed by atoms with Crippen molar-refractivity contribution in [3.8, 4) is 0 Å². The predicted octanol–water partition coefficient (Wildman–Crippen LogP) is 6.22. The van der Waals surface area contributed by atoms with Crippen LogP contribution in [-0.4, -0.2) is 49.3 Å². The summed E-state index contributed by atoms with van der Waals surface area (Å²) in [5, 5.41) is 0. The van der Waals surface area contributed by atoms with E-state index in [1.165, 1.54) is 52.4 Å². The van der Waals surface area contributed by atoms with Crippen LogP contribution in [0.3, 0.4) is 0 Å². The second-order valence-corrected chi connectivity index (χ2v) is 9.34. The third-order valence-electron chi connectivity index (χ3n) is 5.78.